The van der Waals surface area contributed by atoms with Gasteiger partial charge in [-0.1, -0.05) is 24.3 Å². The number of nitrogens with one attached hydrogen (secondary N) is 1. The Bertz CT molecular complexity index is 730. The molecular formula is C19H22N2O3. The average molecular weight is 326 g/mol. The Morgan fingerprint density at radius 3 is 2.96 bits per heavy atom. The summed E-state index contributed by atoms with van der Waals surface area (Å²) >= 11 is 0. The first-order valence-corrected chi connectivity index (χ1v) is 8.06. The van der Waals surface area contributed by atoms with Gasteiger partial charge in [-0.2, -0.15) is 0 Å². The molecule has 0 fully saturated rings. The largest absolute Gasteiger partial charge is 0.497 e. The average Bonchev–Trinajstić information content (AvgIpc) is 2.65. The number of methoxy groups -OCH3 is 1. The molecule has 24 heavy (non-hydrogen) atoms. The lowest BCUT2D eigenvalue weighted by atomic mass is 9.97. The fourth-order valence-corrected chi connectivity index (χ4v) is 2.98. The Kier molecular flexibility index (Phi) is 5.13. The van der Waals surface area contributed by atoms with Gasteiger partial charge in [-0.3, -0.25) is 4.79 Å². The molecule has 0 radical (unpaired) electrons. The van der Waals surface area contributed by atoms with E-state index in [1.807, 2.05) is 36.4 Å². The zero-order valence-electron chi connectivity index (χ0n) is 13.7. The predicted molar refractivity (Wildman–Crippen MR) is 92.1 cm³/mol. The summed E-state index contributed by atoms with van der Waals surface area (Å²) in [6, 6.07) is 13.1. The van der Waals surface area contributed by atoms with Crippen molar-refractivity contribution in [1.82, 2.24) is 5.32 Å². The third kappa shape index (κ3) is 3.42. The Labute approximate surface area is 141 Å². The summed E-state index contributed by atoms with van der Waals surface area (Å²) in [6.45, 7) is 1.49. The molecule has 5 nitrogen and oxygen atoms in total. The summed E-state index contributed by atoms with van der Waals surface area (Å²) in [5.41, 5.74) is 9.62. The highest BCUT2D eigenvalue weighted by Crippen LogP contribution is 2.23. The first-order chi connectivity index (χ1) is 11.7. The van der Waals surface area contributed by atoms with Crippen molar-refractivity contribution in [3.63, 3.8) is 0 Å². The molecule has 2 aromatic carbocycles. The monoisotopic (exact) mass is 326 g/mol. The smallest absolute Gasteiger partial charge is 0.252 e. The van der Waals surface area contributed by atoms with Crippen LogP contribution in [0.1, 0.15) is 33.1 Å². The summed E-state index contributed by atoms with van der Waals surface area (Å²) in [7, 11) is 1.62. The van der Waals surface area contributed by atoms with E-state index < -0.39 is 0 Å². The molecule has 1 heterocycles. The van der Waals surface area contributed by atoms with Crippen LogP contribution in [0.25, 0.3) is 0 Å². The summed E-state index contributed by atoms with van der Waals surface area (Å²) in [6.07, 6.45) is 0.840. The second-order valence-electron chi connectivity index (χ2n) is 5.78. The van der Waals surface area contributed by atoms with E-state index >= 15 is 0 Å². The minimum atomic E-state index is -0.270. The van der Waals surface area contributed by atoms with Crippen molar-refractivity contribution in [2.75, 3.05) is 20.3 Å². The number of benzene rings is 2. The van der Waals surface area contributed by atoms with Crippen LogP contribution in [0.3, 0.4) is 0 Å². The van der Waals surface area contributed by atoms with Gasteiger partial charge in [-0.15, -0.1) is 0 Å². The van der Waals surface area contributed by atoms with Crippen molar-refractivity contribution in [2.24, 2.45) is 5.73 Å². The predicted octanol–water partition coefficient (Wildman–Crippen LogP) is 2.20. The Hall–Kier alpha value is -2.37. The third-order valence-corrected chi connectivity index (χ3v) is 4.32. The van der Waals surface area contributed by atoms with Gasteiger partial charge in [0.05, 0.1) is 26.4 Å². The van der Waals surface area contributed by atoms with E-state index in [9.17, 15) is 4.79 Å². The lowest BCUT2D eigenvalue weighted by molar-refractivity contribution is 0.0912. The molecule has 1 atom stereocenters. The van der Waals surface area contributed by atoms with E-state index in [0.29, 0.717) is 25.3 Å². The van der Waals surface area contributed by atoms with E-state index in [4.69, 9.17) is 15.2 Å². The van der Waals surface area contributed by atoms with Crippen molar-refractivity contribution in [2.45, 2.75) is 19.1 Å². The van der Waals surface area contributed by atoms with Crippen LogP contribution in [0.5, 0.6) is 5.75 Å². The fourth-order valence-electron chi connectivity index (χ4n) is 2.98. The molecule has 1 amide bonds. The van der Waals surface area contributed by atoms with Crippen molar-refractivity contribution in [3.05, 3.63) is 64.7 Å². The highest BCUT2D eigenvalue weighted by Gasteiger charge is 2.20. The molecule has 0 saturated carbocycles. The molecule has 0 spiro atoms. The molecule has 0 saturated heterocycles. The number of ether oxygens (including phenoxy) is 2. The minimum absolute atomic E-state index is 0.129. The summed E-state index contributed by atoms with van der Waals surface area (Å²) in [4.78, 5) is 12.8. The Morgan fingerprint density at radius 1 is 1.33 bits per heavy atom. The molecule has 0 aliphatic carbocycles. The summed E-state index contributed by atoms with van der Waals surface area (Å²) in [5, 5.41) is 3.03. The first kappa shape index (κ1) is 16.5. The Morgan fingerprint density at radius 2 is 2.17 bits per heavy atom. The number of carbonyl (C=O) groups is 1. The highest BCUT2D eigenvalue weighted by atomic mass is 16.5. The number of hydrogen-bond donors (Lipinski definition) is 2. The van der Waals surface area contributed by atoms with Crippen LogP contribution in [0, 0.1) is 0 Å². The number of hydrogen-bond acceptors (Lipinski definition) is 4. The summed E-state index contributed by atoms with van der Waals surface area (Å²) < 4.78 is 10.8. The lowest BCUT2D eigenvalue weighted by Crippen LogP contribution is -2.34. The molecule has 1 aliphatic heterocycles. The Balaban J connectivity index is 1.82. The third-order valence-electron chi connectivity index (χ3n) is 4.32. The molecule has 0 aromatic heterocycles. The van der Waals surface area contributed by atoms with E-state index in [2.05, 4.69) is 11.4 Å². The highest BCUT2D eigenvalue weighted by molar-refractivity contribution is 5.96. The normalized spacial score (nSPS) is 14.6. The molecule has 2 aromatic rings. The van der Waals surface area contributed by atoms with Gasteiger partial charge in [0, 0.05) is 12.1 Å². The fraction of sp³-hybridized carbons (Fsp3) is 0.316. The quantitative estimate of drug-likeness (QED) is 0.883. The first-order valence-electron chi connectivity index (χ1n) is 8.06. The maximum Gasteiger partial charge on any atom is 0.252 e. The zero-order chi connectivity index (χ0) is 16.9. The standard InChI is InChI=1S/C19H22N2O3/c1-23-15-6-2-5-14(10-15)18(11-20)21-19(22)16-7-3-4-13-8-9-24-12-17(13)16/h2-7,10,18H,8-9,11-12,20H2,1H3,(H,21,22). The van der Waals surface area contributed by atoms with E-state index in [1.54, 1.807) is 7.11 Å². The zero-order valence-corrected chi connectivity index (χ0v) is 13.7. The number of fused-ring (bicyclic) bond motifs is 1. The maximum absolute atomic E-state index is 12.8. The van der Waals surface area contributed by atoms with Gasteiger partial charge in [0.25, 0.3) is 5.91 Å². The van der Waals surface area contributed by atoms with Crippen molar-refractivity contribution in [3.8, 4) is 5.75 Å². The van der Waals surface area contributed by atoms with Crippen LogP contribution in [0.2, 0.25) is 0 Å². The number of amides is 1. The SMILES string of the molecule is COc1cccc(C(CN)NC(=O)c2cccc3c2COCC3)c1. The number of rotatable bonds is 5. The van der Waals surface area contributed by atoms with Gasteiger partial charge in [0.15, 0.2) is 0 Å². The van der Waals surface area contributed by atoms with Gasteiger partial charge in [-0.25, -0.2) is 0 Å². The van der Waals surface area contributed by atoms with Gasteiger partial charge in [0.2, 0.25) is 0 Å². The van der Waals surface area contributed by atoms with Crippen LogP contribution in [0.15, 0.2) is 42.5 Å². The van der Waals surface area contributed by atoms with E-state index in [-0.39, 0.29) is 11.9 Å². The summed E-state index contributed by atoms with van der Waals surface area (Å²) in [5.74, 6) is 0.612. The van der Waals surface area contributed by atoms with Crippen LogP contribution in [0.4, 0.5) is 0 Å². The van der Waals surface area contributed by atoms with E-state index in [0.717, 1.165) is 23.3 Å². The second kappa shape index (κ2) is 7.47. The molecule has 5 heteroatoms. The number of nitrogens with two attached hydrogens (primary N) is 1. The van der Waals surface area contributed by atoms with Crippen molar-refractivity contribution >= 4 is 5.91 Å². The van der Waals surface area contributed by atoms with Crippen LogP contribution < -0.4 is 15.8 Å². The topological polar surface area (TPSA) is 73.6 Å². The molecule has 1 unspecified atom stereocenters. The van der Waals surface area contributed by atoms with Crippen molar-refractivity contribution < 1.29 is 14.3 Å². The van der Waals surface area contributed by atoms with Gasteiger partial charge < -0.3 is 20.5 Å². The molecular weight excluding hydrogens is 304 g/mol. The maximum atomic E-state index is 12.8. The lowest BCUT2D eigenvalue weighted by Gasteiger charge is -2.22. The van der Waals surface area contributed by atoms with Gasteiger partial charge in [0.1, 0.15) is 5.75 Å². The van der Waals surface area contributed by atoms with Crippen LogP contribution in [-0.4, -0.2) is 26.2 Å². The second-order valence-corrected chi connectivity index (χ2v) is 5.78. The van der Waals surface area contributed by atoms with E-state index in [1.165, 1.54) is 5.56 Å². The minimum Gasteiger partial charge on any atom is -0.497 e. The van der Waals surface area contributed by atoms with Gasteiger partial charge >= 0.3 is 0 Å². The molecule has 1 aliphatic rings. The van der Waals surface area contributed by atoms with Gasteiger partial charge in [-0.05, 0) is 41.3 Å². The molecule has 3 rings (SSSR count). The van der Waals surface area contributed by atoms with Crippen LogP contribution in [-0.2, 0) is 17.8 Å². The van der Waals surface area contributed by atoms with Crippen molar-refractivity contribution in [1.29, 1.82) is 0 Å². The number of carbonyl (C=O) groups excluding carboxylic acids is 1. The molecule has 3 N–H and O–H groups in total. The molecule has 126 valence electrons. The molecule has 0 bridgehead atoms. The van der Waals surface area contributed by atoms with Crippen LogP contribution >= 0.6 is 0 Å².